The molecule has 2 N–H and O–H groups in total. The van der Waals surface area contributed by atoms with Crippen LogP contribution in [0.1, 0.15) is 23.7 Å². The van der Waals surface area contributed by atoms with Gasteiger partial charge < -0.3 is 15.5 Å². The van der Waals surface area contributed by atoms with Crippen LogP contribution in [0.3, 0.4) is 0 Å². The van der Waals surface area contributed by atoms with E-state index in [1.165, 1.54) is 6.92 Å². The van der Waals surface area contributed by atoms with E-state index in [2.05, 4.69) is 5.32 Å². The van der Waals surface area contributed by atoms with E-state index in [0.29, 0.717) is 5.56 Å². The van der Waals surface area contributed by atoms with Crippen LogP contribution in [0.15, 0.2) is 30.3 Å². The number of ketones is 1. The molecule has 0 aliphatic carbocycles. The fourth-order valence-electron chi connectivity index (χ4n) is 1.69. The van der Waals surface area contributed by atoms with Crippen molar-refractivity contribution in [3.05, 3.63) is 35.9 Å². The molecule has 7 nitrogen and oxygen atoms in total. The first-order valence-electron chi connectivity index (χ1n) is 6.92. The summed E-state index contributed by atoms with van der Waals surface area (Å²) in [6, 6.07) is 10.2. The summed E-state index contributed by atoms with van der Waals surface area (Å²) in [5, 5.41) is 18.6. The van der Waals surface area contributed by atoms with Gasteiger partial charge in [0.25, 0.3) is 5.91 Å². The summed E-state index contributed by atoms with van der Waals surface area (Å²) < 4.78 is 4.74. The van der Waals surface area contributed by atoms with Gasteiger partial charge in [0.1, 0.15) is 5.92 Å². The minimum atomic E-state index is -1.19. The molecular weight excluding hydrogens is 298 g/mol. The number of hydrogen-bond donors (Lipinski definition) is 2. The Morgan fingerprint density at radius 1 is 1.30 bits per heavy atom. The van der Waals surface area contributed by atoms with Gasteiger partial charge in [-0.2, -0.15) is 5.26 Å². The monoisotopic (exact) mass is 315 g/mol. The summed E-state index contributed by atoms with van der Waals surface area (Å²) in [4.78, 5) is 34.8. The van der Waals surface area contributed by atoms with E-state index in [4.69, 9.17) is 15.4 Å². The lowest BCUT2D eigenvalue weighted by atomic mass is 10.0. The van der Waals surface area contributed by atoms with E-state index in [1.54, 1.807) is 36.4 Å². The van der Waals surface area contributed by atoms with Crippen molar-refractivity contribution in [1.29, 1.82) is 10.7 Å². The largest absolute Gasteiger partial charge is 0.458 e. The number of Topliss-reactive ketones (excluding diaryl/α,β-unsaturated/α-hetero) is 1. The molecule has 1 atom stereocenters. The first kappa shape index (κ1) is 18.0. The second-order valence-corrected chi connectivity index (χ2v) is 4.74. The molecule has 23 heavy (non-hydrogen) atoms. The van der Waals surface area contributed by atoms with Gasteiger partial charge in [0.15, 0.2) is 12.4 Å². The summed E-state index contributed by atoms with van der Waals surface area (Å²) in [5.41, 5.74) is 0.387. The highest BCUT2D eigenvalue weighted by molar-refractivity contribution is 6.06. The second-order valence-electron chi connectivity index (χ2n) is 4.74. The quantitative estimate of drug-likeness (QED) is 0.549. The number of carbonyl (C=O) groups is 3. The molecule has 1 rings (SSSR count). The number of hydrogen-bond acceptors (Lipinski definition) is 6. The molecule has 0 radical (unpaired) electrons. The van der Waals surface area contributed by atoms with Crippen LogP contribution in [0.2, 0.25) is 0 Å². The van der Waals surface area contributed by atoms with Crippen LogP contribution in [0.25, 0.3) is 0 Å². The predicted molar refractivity (Wildman–Crippen MR) is 81.9 cm³/mol. The average Bonchev–Trinajstić information content (AvgIpc) is 2.54. The number of ether oxygens (including phenoxy) is 1. The van der Waals surface area contributed by atoms with Gasteiger partial charge >= 0.3 is 5.97 Å². The normalized spacial score (nSPS) is 11.0. The third-order valence-corrected chi connectivity index (χ3v) is 2.91. The first-order chi connectivity index (χ1) is 11.0. The van der Waals surface area contributed by atoms with E-state index < -0.39 is 24.3 Å². The van der Waals surface area contributed by atoms with Crippen LogP contribution in [0.5, 0.6) is 0 Å². The molecule has 1 amide bonds. The Hall–Kier alpha value is -3.01. The summed E-state index contributed by atoms with van der Waals surface area (Å²) in [6.45, 7) is 0.860. The molecular formula is C16H17N3O4. The van der Waals surface area contributed by atoms with Gasteiger partial charge in [-0.05, 0) is 19.1 Å². The van der Waals surface area contributed by atoms with Gasteiger partial charge in [-0.15, -0.1) is 0 Å². The zero-order chi connectivity index (χ0) is 17.2. The van der Waals surface area contributed by atoms with Crippen molar-refractivity contribution in [2.24, 2.45) is 5.92 Å². The minimum Gasteiger partial charge on any atom is -0.458 e. The molecule has 120 valence electrons. The van der Waals surface area contributed by atoms with Crippen molar-refractivity contribution in [3.63, 3.8) is 0 Å². The van der Waals surface area contributed by atoms with Crippen LogP contribution < -0.4 is 5.32 Å². The molecule has 0 aliphatic heterocycles. The molecule has 0 spiro atoms. The molecule has 0 saturated carbocycles. The Bertz CT molecular complexity index is 634. The van der Waals surface area contributed by atoms with Crippen molar-refractivity contribution >= 4 is 23.4 Å². The number of esters is 1. The number of amides is 1. The molecule has 0 bridgehead atoms. The predicted octanol–water partition coefficient (Wildman–Crippen LogP) is 1.10. The zero-order valence-electron chi connectivity index (χ0n) is 12.7. The smallest absolute Gasteiger partial charge is 0.308 e. The van der Waals surface area contributed by atoms with Crippen LogP contribution in [-0.2, 0) is 14.3 Å². The fraction of sp³-hybridized carbons (Fsp3) is 0.312. The van der Waals surface area contributed by atoms with E-state index in [-0.39, 0.29) is 24.6 Å². The molecule has 7 heteroatoms. The summed E-state index contributed by atoms with van der Waals surface area (Å²) in [5.74, 6) is -2.80. The highest BCUT2D eigenvalue weighted by Gasteiger charge is 2.21. The van der Waals surface area contributed by atoms with Crippen molar-refractivity contribution in [2.75, 3.05) is 13.2 Å². The number of carbonyl (C=O) groups excluding carboxylic acids is 3. The molecule has 0 aromatic heterocycles. The second kappa shape index (κ2) is 9.10. The maximum atomic E-state index is 11.7. The molecule has 1 aromatic rings. The molecule has 1 unspecified atom stereocenters. The maximum absolute atomic E-state index is 11.7. The van der Waals surface area contributed by atoms with Crippen LogP contribution in [0.4, 0.5) is 0 Å². The van der Waals surface area contributed by atoms with Gasteiger partial charge in [0.05, 0.1) is 12.5 Å². The van der Waals surface area contributed by atoms with Gasteiger partial charge in [0.2, 0.25) is 0 Å². The Labute approximate surface area is 133 Å². The van der Waals surface area contributed by atoms with Gasteiger partial charge in [-0.25, -0.2) is 0 Å². The van der Waals surface area contributed by atoms with Crippen LogP contribution in [0, 0.1) is 22.7 Å². The maximum Gasteiger partial charge on any atom is 0.308 e. The first-order valence-corrected chi connectivity index (χ1v) is 6.92. The lowest BCUT2D eigenvalue weighted by Gasteiger charge is -2.08. The van der Waals surface area contributed by atoms with Crippen molar-refractivity contribution in [1.82, 2.24) is 5.32 Å². The van der Waals surface area contributed by atoms with E-state index >= 15 is 0 Å². The standard InChI is InChI=1S/C16H17N3O4/c1-11(18)13(9-17)14(20)10-23-15(21)7-8-19-16(22)12-5-3-2-4-6-12/h2-6,13,18H,7-8,10H2,1H3,(H,19,22). The van der Waals surface area contributed by atoms with Crippen molar-refractivity contribution < 1.29 is 19.1 Å². The highest BCUT2D eigenvalue weighted by Crippen LogP contribution is 2.01. The number of nitrogens with zero attached hydrogens (tertiary/aromatic N) is 1. The van der Waals surface area contributed by atoms with Crippen LogP contribution in [-0.4, -0.2) is 36.5 Å². The Morgan fingerprint density at radius 2 is 1.96 bits per heavy atom. The van der Waals surface area contributed by atoms with Crippen molar-refractivity contribution in [3.8, 4) is 6.07 Å². The number of nitriles is 1. The average molecular weight is 315 g/mol. The third kappa shape index (κ3) is 6.09. The Kier molecular flexibility index (Phi) is 7.14. The third-order valence-electron chi connectivity index (χ3n) is 2.91. The number of nitrogens with one attached hydrogen (secondary N) is 2. The number of benzene rings is 1. The summed E-state index contributed by atoms with van der Waals surface area (Å²) in [7, 11) is 0. The molecule has 0 saturated heterocycles. The van der Waals surface area contributed by atoms with Gasteiger partial charge in [-0.1, -0.05) is 18.2 Å². The molecule has 0 fully saturated rings. The Morgan fingerprint density at radius 3 is 2.52 bits per heavy atom. The van der Waals surface area contributed by atoms with Crippen molar-refractivity contribution in [2.45, 2.75) is 13.3 Å². The van der Waals surface area contributed by atoms with E-state index in [1.807, 2.05) is 0 Å². The van der Waals surface area contributed by atoms with E-state index in [9.17, 15) is 14.4 Å². The molecule has 0 aliphatic rings. The fourth-order valence-corrected chi connectivity index (χ4v) is 1.69. The topological polar surface area (TPSA) is 120 Å². The van der Waals surface area contributed by atoms with Gasteiger partial charge in [0, 0.05) is 17.8 Å². The van der Waals surface area contributed by atoms with E-state index in [0.717, 1.165) is 0 Å². The zero-order valence-corrected chi connectivity index (χ0v) is 12.7. The molecule has 0 heterocycles. The SMILES string of the molecule is CC(=N)C(C#N)C(=O)COC(=O)CCNC(=O)c1ccccc1. The lowest BCUT2D eigenvalue weighted by molar-refractivity contribution is -0.148. The molecule has 1 aromatic carbocycles. The minimum absolute atomic E-state index is 0.0754. The number of rotatable bonds is 8. The summed E-state index contributed by atoms with van der Waals surface area (Å²) in [6.07, 6.45) is -0.0906. The van der Waals surface area contributed by atoms with Crippen LogP contribution >= 0.6 is 0 Å². The summed E-state index contributed by atoms with van der Waals surface area (Å²) >= 11 is 0. The van der Waals surface area contributed by atoms with Gasteiger partial charge in [-0.3, -0.25) is 14.4 Å². The lowest BCUT2D eigenvalue weighted by Crippen LogP contribution is -2.28. The Balaban J connectivity index is 2.30. The highest BCUT2D eigenvalue weighted by atomic mass is 16.5.